The van der Waals surface area contributed by atoms with Gasteiger partial charge in [-0.1, -0.05) is 0 Å². The van der Waals surface area contributed by atoms with E-state index in [9.17, 15) is 0 Å². The third kappa shape index (κ3) is 2.21. The van der Waals surface area contributed by atoms with Gasteiger partial charge in [0, 0.05) is 0 Å². The fourth-order valence-electron chi connectivity index (χ4n) is 0.683. The van der Waals surface area contributed by atoms with E-state index >= 15 is 0 Å². The largest absolute Gasteiger partial charge is 0.477 e. The number of rotatable bonds is 2. The number of pyridine rings is 1. The summed E-state index contributed by atoms with van der Waals surface area (Å²) in [7, 11) is 0. The lowest BCUT2D eigenvalue weighted by Crippen LogP contribution is -1.97. The Hall–Kier alpha value is -0.520. The monoisotopic (exact) mass is 264 g/mol. The standard InChI is InChI=1S/C7H9IN2O/c1-2-11-7-6(8)3-5(9)4-10-7/h3-4H,2,9H2,1H3. The van der Waals surface area contributed by atoms with E-state index in [2.05, 4.69) is 27.6 Å². The number of anilines is 1. The number of nitrogen functional groups attached to an aromatic ring is 1. The molecule has 1 aromatic heterocycles. The minimum Gasteiger partial charge on any atom is -0.477 e. The van der Waals surface area contributed by atoms with Crippen molar-refractivity contribution in [2.45, 2.75) is 6.92 Å². The van der Waals surface area contributed by atoms with Gasteiger partial charge < -0.3 is 10.5 Å². The number of hydrogen-bond donors (Lipinski definition) is 1. The summed E-state index contributed by atoms with van der Waals surface area (Å²) in [6, 6.07) is 1.83. The van der Waals surface area contributed by atoms with Gasteiger partial charge in [0.25, 0.3) is 0 Å². The van der Waals surface area contributed by atoms with Gasteiger partial charge in [0.2, 0.25) is 5.88 Å². The van der Waals surface area contributed by atoms with Crippen LogP contribution >= 0.6 is 22.6 Å². The molecule has 0 spiro atoms. The normalized spacial score (nSPS) is 9.64. The molecular weight excluding hydrogens is 255 g/mol. The summed E-state index contributed by atoms with van der Waals surface area (Å²) in [5, 5.41) is 0. The number of ether oxygens (including phenoxy) is 1. The summed E-state index contributed by atoms with van der Waals surface area (Å²) in [4.78, 5) is 4.01. The molecule has 0 amide bonds. The summed E-state index contributed by atoms with van der Waals surface area (Å²) >= 11 is 2.14. The summed E-state index contributed by atoms with van der Waals surface area (Å²) < 4.78 is 6.17. The Bertz CT molecular complexity index is 252. The highest BCUT2D eigenvalue weighted by molar-refractivity contribution is 14.1. The molecule has 0 aromatic carbocycles. The van der Waals surface area contributed by atoms with Gasteiger partial charge in [-0.2, -0.15) is 0 Å². The Balaban J connectivity index is 2.90. The van der Waals surface area contributed by atoms with E-state index in [-0.39, 0.29) is 0 Å². The summed E-state index contributed by atoms with van der Waals surface area (Å²) in [5.41, 5.74) is 6.17. The molecule has 0 radical (unpaired) electrons. The summed E-state index contributed by atoms with van der Waals surface area (Å²) in [6.07, 6.45) is 1.59. The van der Waals surface area contributed by atoms with Crippen molar-refractivity contribution in [3.63, 3.8) is 0 Å². The molecule has 4 heteroatoms. The Morgan fingerprint density at radius 3 is 3.00 bits per heavy atom. The molecule has 3 nitrogen and oxygen atoms in total. The van der Waals surface area contributed by atoms with Crippen LogP contribution in [0.15, 0.2) is 12.3 Å². The second-order valence-corrected chi connectivity index (χ2v) is 3.15. The van der Waals surface area contributed by atoms with Crippen LogP contribution in [0.5, 0.6) is 5.88 Å². The van der Waals surface area contributed by atoms with Gasteiger partial charge in [-0.3, -0.25) is 0 Å². The Kier molecular flexibility index (Phi) is 2.92. The number of hydrogen-bond acceptors (Lipinski definition) is 3. The maximum atomic E-state index is 5.50. The molecule has 60 valence electrons. The molecule has 0 fully saturated rings. The number of nitrogens with two attached hydrogens (primary N) is 1. The first-order chi connectivity index (χ1) is 5.24. The maximum Gasteiger partial charge on any atom is 0.227 e. The van der Waals surface area contributed by atoms with Crippen LogP contribution in [0.2, 0.25) is 0 Å². The van der Waals surface area contributed by atoms with E-state index in [1.54, 1.807) is 6.20 Å². The average Bonchev–Trinajstić information content (AvgIpc) is 1.95. The van der Waals surface area contributed by atoms with Crippen LogP contribution in [0.25, 0.3) is 0 Å². The van der Waals surface area contributed by atoms with Crippen molar-refractivity contribution in [1.29, 1.82) is 0 Å². The highest BCUT2D eigenvalue weighted by Gasteiger charge is 2.00. The van der Waals surface area contributed by atoms with Crippen LogP contribution in [0.1, 0.15) is 6.92 Å². The van der Waals surface area contributed by atoms with Crippen molar-refractivity contribution < 1.29 is 4.74 Å². The molecule has 0 saturated heterocycles. The lowest BCUT2D eigenvalue weighted by Gasteiger charge is -2.03. The zero-order chi connectivity index (χ0) is 8.27. The summed E-state index contributed by atoms with van der Waals surface area (Å²) in [6.45, 7) is 2.56. The molecule has 0 atom stereocenters. The Morgan fingerprint density at radius 1 is 1.73 bits per heavy atom. The van der Waals surface area contributed by atoms with Crippen molar-refractivity contribution >= 4 is 28.3 Å². The zero-order valence-electron chi connectivity index (χ0n) is 6.17. The van der Waals surface area contributed by atoms with E-state index in [1.807, 2.05) is 13.0 Å². The van der Waals surface area contributed by atoms with E-state index < -0.39 is 0 Å². The molecule has 0 bridgehead atoms. The van der Waals surface area contributed by atoms with E-state index in [0.29, 0.717) is 18.2 Å². The second-order valence-electron chi connectivity index (χ2n) is 1.99. The zero-order valence-corrected chi connectivity index (χ0v) is 8.33. The van der Waals surface area contributed by atoms with E-state index in [0.717, 1.165) is 3.57 Å². The van der Waals surface area contributed by atoms with Crippen molar-refractivity contribution in [3.8, 4) is 5.88 Å². The maximum absolute atomic E-state index is 5.50. The highest BCUT2D eigenvalue weighted by Crippen LogP contribution is 2.19. The van der Waals surface area contributed by atoms with Crippen LogP contribution < -0.4 is 10.5 Å². The van der Waals surface area contributed by atoms with Gasteiger partial charge in [-0.05, 0) is 35.6 Å². The third-order valence-electron chi connectivity index (χ3n) is 1.11. The van der Waals surface area contributed by atoms with Crippen molar-refractivity contribution in [3.05, 3.63) is 15.8 Å². The molecule has 1 rings (SSSR count). The van der Waals surface area contributed by atoms with Crippen LogP contribution in [-0.2, 0) is 0 Å². The molecule has 1 heterocycles. The van der Waals surface area contributed by atoms with Gasteiger partial charge in [-0.15, -0.1) is 0 Å². The quantitative estimate of drug-likeness (QED) is 0.826. The first kappa shape index (κ1) is 8.58. The molecule has 0 saturated carbocycles. The number of halogens is 1. The van der Waals surface area contributed by atoms with Gasteiger partial charge in [0.15, 0.2) is 0 Å². The smallest absolute Gasteiger partial charge is 0.227 e. The molecule has 0 aliphatic heterocycles. The van der Waals surface area contributed by atoms with Crippen LogP contribution in [0.3, 0.4) is 0 Å². The van der Waals surface area contributed by atoms with Gasteiger partial charge in [-0.25, -0.2) is 4.98 Å². The SMILES string of the molecule is CCOc1ncc(N)cc1I. The molecule has 11 heavy (non-hydrogen) atoms. The molecule has 0 unspecified atom stereocenters. The number of aromatic nitrogens is 1. The minimum absolute atomic E-state index is 0.632. The van der Waals surface area contributed by atoms with Crippen LogP contribution in [-0.4, -0.2) is 11.6 Å². The van der Waals surface area contributed by atoms with Crippen molar-refractivity contribution in [1.82, 2.24) is 4.98 Å². The average molecular weight is 264 g/mol. The Morgan fingerprint density at radius 2 is 2.45 bits per heavy atom. The van der Waals surface area contributed by atoms with Crippen molar-refractivity contribution in [2.24, 2.45) is 0 Å². The summed E-state index contributed by atoms with van der Waals surface area (Å²) in [5.74, 6) is 0.655. The topological polar surface area (TPSA) is 48.1 Å². The fourth-order valence-corrected chi connectivity index (χ4v) is 1.34. The Labute approximate surface area is 79.1 Å². The molecule has 0 aliphatic carbocycles. The van der Waals surface area contributed by atoms with Crippen molar-refractivity contribution in [2.75, 3.05) is 12.3 Å². The molecule has 1 aromatic rings. The first-order valence-corrected chi connectivity index (χ1v) is 4.35. The molecule has 0 aliphatic rings. The third-order valence-corrected chi connectivity index (χ3v) is 1.88. The van der Waals surface area contributed by atoms with Crippen LogP contribution in [0, 0.1) is 3.57 Å². The van der Waals surface area contributed by atoms with Crippen LogP contribution in [0.4, 0.5) is 5.69 Å². The minimum atomic E-state index is 0.632. The molecule has 2 N–H and O–H groups in total. The highest BCUT2D eigenvalue weighted by atomic mass is 127. The van der Waals surface area contributed by atoms with E-state index in [1.165, 1.54) is 0 Å². The fraction of sp³-hybridized carbons (Fsp3) is 0.286. The second kappa shape index (κ2) is 3.75. The van der Waals surface area contributed by atoms with Gasteiger partial charge >= 0.3 is 0 Å². The lowest BCUT2D eigenvalue weighted by atomic mass is 10.4. The predicted molar refractivity (Wildman–Crippen MR) is 52.5 cm³/mol. The predicted octanol–water partition coefficient (Wildman–Crippen LogP) is 1.67. The molecular formula is C7H9IN2O. The van der Waals surface area contributed by atoms with Gasteiger partial charge in [0.1, 0.15) is 0 Å². The van der Waals surface area contributed by atoms with Gasteiger partial charge in [0.05, 0.1) is 22.1 Å². The first-order valence-electron chi connectivity index (χ1n) is 3.28. The lowest BCUT2D eigenvalue weighted by molar-refractivity contribution is 0.324. The van der Waals surface area contributed by atoms with E-state index in [4.69, 9.17) is 10.5 Å². The number of nitrogens with zero attached hydrogens (tertiary/aromatic N) is 1.